The second kappa shape index (κ2) is 8.85. The van der Waals surface area contributed by atoms with Gasteiger partial charge in [0.1, 0.15) is 5.76 Å². The van der Waals surface area contributed by atoms with Gasteiger partial charge < -0.3 is 19.0 Å². The van der Waals surface area contributed by atoms with E-state index >= 15 is 0 Å². The maximum atomic E-state index is 12.7. The summed E-state index contributed by atoms with van der Waals surface area (Å²) >= 11 is 1.32. The Morgan fingerprint density at radius 3 is 2.77 bits per heavy atom. The summed E-state index contributed by atoms with van der Waals surface area (Å²) in [6.07, 6.45) is 1.51. The molecule has 0 spiro atoms. The normalized spacial score (nSPS) is 15.3. The minimum atomic E-state index is -0.587. The number of carbonyl (C=O) groups is 3. The highest BCUT2D eigenvalue weighted by Crippen LogP contribution is 2.36. The monoisotopic (exact) mass is 438 g/mol. The highest BCUT2D eigenvalue weighted by molar-refractivity contribution is 8.01. The van der Waals surface area contributed by atoms with Crippen molar-refractivity contribution in [2.45, 2.75) is 37.0 Å². The van der Waals surface area contributed by atoms with Gasteiger partial charge in [0.15, 0.2) is 6.61 Å². The number of esters is 1. The van der Waals surface area contributed by atoms with Gasteiger partial charge in [-0.05, 0) is 44.2 Å². The van der Waals surface area contributed by atoms with Crippen LogP contribution in [-0.4, -0.2) is 34.1 Å². The number of carbonyl (C=O) groups excluding carboxylic acids is 3. The number of rotatable bonds is 7. The number of hydrogen-bond donors (Lipinski definition) is 1. The van der Waals surface area contributed by atoms with E-state index in [0.717, 1.165) is 27.7 Å². The Hall–Kier alpha value is -3.26. The molecule has 1 unspecified atom stereocenters. The van der Waals surface area contributed by atoms with Crippen LogP contribution in [0.3, 0.4) is 0 Å². The number of furan rings is 1. The number of nitrogens with one attached hydrogen (secondary N) is 1. The van der Waals surface area contributed by atoms with Crippen molar-refractivity contribution >= 4 is 35.1 Å². The van der Waals surface area contributed by atoms with Gasteiger partial charge >= 0.3 is 5.97 Å². The van der Waals surface area contributed by atoms with Crippen LogP contribution in [0.1, 0.15) is 33.9 Å². The van der Waals surface area contributed by atoms with E-state index < -0.39 is 11.2 Å². The summed E-state index contributed by atoms with van der Waals surface area (Å²) in [6, 6.07) is 12.9. The topological polar surface area (TPSA) is 90.5 Å². The second-order valence-corrected chi connectivity index (χ2v) is 8.57. The molecule has 8 heteroatoms. The lowest BCUT2D eigenvalue weighted by Crippen LogP contribution is -2.31. The molecule has 1 N–H and O–H groups in total. The summed E-state index contributed by atoms with van der Waals surface area (Å²) in [5, 5.41) is 2.21. The minimum Gasteiger partial charge on any atom is -0.467 e. The number of hydrogen-bond acceptors (Lipinski definition) is 6. The van der Waals surface area contributed by atoms with Gasteiger partial charge in [-0.2, -0.15) is 0 Å². The van der Waals surface area contributed by atoms with E-state index in [1.165, 1.54) is 11.8 Å². The number of benzene rings is 1. The Bertz CT molecular complexity index is 1130. The van der Waals surface area contributed by atoms with E-state index in [1.807, 2.05) is 54.8 Å². The Balaban J connectivity index is 1.35. The lowest BCUT2D eigenvalue weighted by molar-refractivity contribution is -0.143. The van der Waals surface area contributed by atoms with E-state index in [-0.39, 0.29) is 24.7 Å². The van der Waals surface area contributed by atoms with Crippen molar-refractivity contribution in [1.29, 1.82) is 0 Å². The van der Waals surface area contributed by atoms with Crippen molar-refractivity contribution in [3.63, 3.8) is 0 Å². The molecule has 0 radical (unpaired) electrons. The third kappa shape index (κ3) is 4.59. The van der Waals surface area contributed by atoms with E-state index in [2.05, 4.69) is 5.32 Å². The van der Waals surface area contributed by atoms with Crippen molar-refractivity contribution in [1.82, 2.24) is 4.57 Å². The zero-order valence-corrected chi connectivity index (χ0v) is 18.0. The summed E-state index contributed by atoms with van der Waals surface area (Å²) in [6.45, 7) is 3.92. The first-order valence-corrected chi connectivity index (χ1v) is 10.7. The SMILES string of the molecule is Cc1cc(C(=O)COC(=O)CC2Sc3ccccc3NC2=O)c(C)n1Cc1ccco1. The number of ketones is 1. The standard InChI is InChI=1S/C23H22N2O5S/c1-14-10-17(15(2)25(14)12-16-6-5-9-29-16)19(26)13-30-22(27)11-21-23(28)24-18-7-3-4-8-20(18)31-21/h3-10,21H,11-13H2,1-2H3,(H,24,28). The number of para-hydroxylation sites is 1. The first-order valence-electron chi connectivity index (χ1n) is 9.87. The predicted molar refractivity (Wildman–Crippen MR) is 116 cm³/mol. The fourth-order valence-corrected chi connectivity index (χ4v) is 4.64. The maximum Gasteiger partial charge on any atom is 0.307 e. The molecule has 0 bridgehead atoms. The van der Waals surface area contributed by atoms with Gasteiger partial charge in [-0.3, -0.25) is 14.4 Å². The van der Waals surface area contributed by atoms with E-state index in [4.69, 9.17) is 9.15 Å². The van der Waals surface area contributed by atoms with Crippen LogP contribution in [0.5, 0.6) is 0 Å². The number of Topliss-reactive ketones (excluding diaryl/α,β-unsaturated/α-hetero) is 1. The zero-order valence-electron chi connectivity index (χ0n) is 17.2. The molecule has 1 aromatic carbocycles. The third-order valence-electron chi connectivity index (χ3n) is 5.19. The van der Waals surface area contributed by atoms with Gasteiger partial charge in [0, 0.05) is 21.8 Å². The van der Waals surface area contributed by atoms with Crippen LogP contribution in [-0.2, 0) is 20.9 Å². The average molecular weight is 439 g/mol. The Labute approximate surface area is 183 Å². The van der Waals surface area contributed by atoms with Crippen LogP contribution in [0, 0.1) is 13.8 Å². The quantitative estimate of drug-likeness (QED) is 0.443. The first-order chi connectivity index (χ1) is 14.9. The summed E-state index contributed by atoms with van der Waals surface area (Å²) in [4.78, 5) is 38.1. The van der Waals surface area contributed by atoms with Gasteiger partial charge in [0.2, 0.25) is 11.7 Å². The van der Waals surface area contributed by atoms with Gasteiger partial charge in [0.25, 0.3) is 0 Å². The smallest absolute Gasteiger partial charge is 0.307 e. The predicted octanol–water partition coefficient (Wildman–Crippen LogP) is 3.98. The third-order valence-corrected chi connectivity index (χ3v) is 6.47. The number of thioether (sulfide) groups is 1. The van der Waals surface area contributed by atoms with Crippen molar-refractivity contribution in [2.24, 2.45) is 0 Å². The number of aromatic nitrogens is 1. The summed E-state index contributed by atoms with van der Waals surface area (Å²) in [7, 11) is 0. The molecular formula is C23H22N2O5S. The van der Waals surface area contributed by atoms with Crippen LogP contribution < -0.4 is 5.32 Å². The molecule has 3 heterocycles. The molecule has 1 amide bonds. The first kappa shape index (κ1) is 21.0. The number of amides is 1. The van der Waals surface area contributed by atoms with Crippen LogP contribution in [0.2, 0.25) is 0 Å². The largest absolute Gasteiger partial charge is 0.467 e. The summed E-state index contributed by atoms with van der Waals surface area (Å²) in [5.41, 5.74) is 2.95. The maximum absolute atomic E-state index is 12.7. The van der Waals surface area contributed by atoms with Crippen molar-refractivity contribution in [3.8, 4) is 0 Å². The van der Waals surface area contributed by atoms with E-state index in [1.54, 1.807) is 12.3 Å². The number of nitrogens with zero attached hydrogens (tertiary/aromatic N) is 1. The van der Waals surface area contributed by atoms with Crippen molar-refractivity contribution < 1.29 is 23.5 Å². The lowest BCUT2D eigenvalue weighted by Gasteiger charge is -2.23. The number of ether oxygens (including phenoxy) is 1. The van der Waals surface area contributed by atoms with Gasteiger partial charge in [-0.15, -0.1) is 11.8 Å². The molecule has 1 aliphatic rings. The molecule has 2 aromatic heterocycles. The van der Waals surface area contributed by atoms with Gasteiger partial charge in [-0.25, -0.2) is 0 Å². The van der Waals surface area contributed by atoms with E-state index in [0.29, 0.717) is 12.1 Å². The Morgan fingerprint density at radius 2 is 2.00 bits per heavy atom. The van der Waals surface area contributed by atoms with Crippen LogP contribution >= 0.6 is 11.8 Å². The molecule has 4 rings (SSSR count). The molecule has 0 aliphatic carbocycles. The molecule has 160 valence electrons. The highest BCUT2D eigenvalue weighted by Gasteiger charge is 2.29. The molecule has 1 aliphatic heterocycles. The van der Waals surface area contributed by atoms with Crippen LogP contribution in [0.4, 0.5) is 5.69 Å². The van der Waals surface area contributed by atoms with Gasteiger partial charge in [0.05, 0.1) is 30.2 Å². The molecule has 7 nitrogen and oxygen atoms in total. The number of anilines is 1. The molecular weight excluding hydrogens is 416 g/mol. The molecule has 0 saturated carbocycles. The number of aryl methyl sites for hydroxylation is 1. The summed E-state index contributed by atoms with van der Waals surface area (Å²) < 4.78 is 12.6. The van der Waals surface area contributed by atoms with Crippen LogP contribution in [0.15, 0.2) is 58.0 Å². The number of fused-ring (bicyclic) bond motifs is 1. The van der Waals surface area contributed by atoms with Crippen LogP contribution in [0.25, 0.3) is 0 Å². The molecule has 3 aromatic rings. The second-order valence-electron chi connectivity index (χ2n) is 7.33. The molecule has 0 fully saturated rings. The van der Waals surface area contributed by atoms with Crippen molar-refractivity contribution in [3.05, 3.63) is 71.4 Å². The zero-order chi connectivity index (χ0) is 22.0. The van der Waals surface area contributed by atoms with Crippen molar-refractivity contribution in [2.75, 3.05) is 11.9 Å². The Kier molecular flexibility index (Phi) is 5.99. The highest BCUT2D eigenvalue weighted by atomic mass is 32.2. The Morgan fingerprint density at radius 1 is 1.19 bits per heavy atom. The van der Waals surface area contributed by atoms with Gasteiger partial charge in [-0.1, -0.05) is 12.1 Å². The lowest BCUT2D eigenvalue weighted by atomic mass is 10.1. The minimum absolute atomic E-state index is 0.102. The fraction of sp³-hybridized carbons (Fsp3) is 0.261. The molecule has 1 atom stereocenters. The summed E-state index contributed by atoms with van der Waals surface area (Å²) in [5.74, 6) is -0.312. The fourth-order valence-electron chi connectivity index (χ4n) is 3.55. The average Bonchev–Trinajstić information content (AvgIpc) is 3.36. The van der Waals surface area contributed by atoms with E-state index in [9.17, 15) is 14.4 Å². The molecule has 31 heavy (non-hydrogen) atoms. The molecule has 0 saturated heterocycles.